The number of hydrogen-bond acceptors (Lipinski definition) is 0. The van der Waals surface area contributed by atoms with Gasteiger partial charge in [-0.05, 0) is 94.9 Å². The van der Waals surface area contributed by atoms with E-state index in [1.165, 1.54) is 47.9 Å². The molecule has 0 radical (unpaired) electrons. The van der Waals surface area contributed by atoms with Gasteiger partial charge in [0, 0.05) is 10.4 Å². The van der Waals surface area contributed by atoms with Gasteiger partial charge in [0.2, 0.25) is 0 Å². The number of rotatable bonds is 1. The zero-order valence-corrected chi connectivity index (χ0v) is 16.6. The zero-order chi connectivity index (χ0) is 18.5. The Kier molecular flexibility index (Phi) is 3.00. The molecule has 4 fully saturated rings. The molecule has 0 N–H and O–H groups in total. The number of hydrogen-bond donors (Lipinski definition) is 0. The van der Waals surface area contributed by atoms with Gasteiger partial charge in [0.15, 0.2) is 0 Å². The minimum atomic E-state index is 0.234. The van der Waals surface area contributed by atoms with Crippen molar-refractivity contribution in [3.05, 3.63) is 82.9 Å². The maximum Gasteiger partial charge on any atom is 0.0412 e. The van der Waals surface area contributed by atoms with E-state index < -0.39 is 0 Å². The van der Waals surface area contributed by atoms with Crippen LogP contribution in [0.1, 0.15) is 36.8 Å². The Labute approximate surface area is 171 Å². The molecule has 138 valence electrons. The van der Waals surface area contributed by atoms with Crippen molar-refractivity contribution in [2.75, 3.05) is 0 Å². The molecule has 5 aliphatic carbocycles. The largest absolute Gasteiger partial charge is 0.0843 e. The van der Waals surface area contributed by atoms with Gasteiger partial charge in [-0.15, -0.1) is 0 Å². The molecule has 0 aliphatic heterocycles. The van der Waals surface area contributed by atoms with E-state index in [2.05, 4.69) is 66.7 Å². The van der Waals surface area contributed by atoms with Crippen LogP contribution < -0.4 is 0 Å². The molecule has 4 bridgehead atoms. The quantitative estimate of drug-likeness (QED) is 0.413. The van der Waals surface area contributed by atoms with Gasteiger partial charge in [-0.3, -0.25) is 0 Å². The van der Waals surface area contributed by atoms with E-state index in [0.717, 1.165) is 28.7 Å². The number of halogens is 1. The molecule has 5 aliphatic rings. The van der Waals surface area contributed by atoms with E-state index in [9.17, 15) is 0 Å². The molecular weight excluding hydrogens is 360 g/mol. The predicted molar refractivity (Wildman–Crippen MR) is 116 cm³/mol. The monoisotopic (exact) mass is 382 g/mol. The van der Waals surface area contributed by atoms with E-state index >= 15 is 0 Å². The lowest BCUT2D eigenvalue weighted by Gasteiger charge is -2.44. The van der Waals surface area contributed by atoms with Crippen LogP contribution in [0.3, 0.4) is 0 Å². The van der Waals surface area contributed by atoms with Gasteiger partial charge in [0.25, 0.3) is 0 Å². The summed E-state index contributed by atoms with van der Waals surface area (Å²) in [5, 5.41) is 0.858. The molecular formula is C27H23Cl. The highest BCUT2D eigenvalue weighted by atomic mass is 35.5. The number of fused-ring (bicyclic) bond motifs is 3. The van der Waals surface area contributed by atoms with Crippen LogP contribution in [0.2, 0.25) is 5.02 Å². The smallest absolute Gasteiger partial charge is 0.0412 e. The third kappa shape index (κ3) is 1.75. The van der Waals surface area contributed by atoms with Crippen LogP contribution in [0.4, 0.5) is 0 Å². The van der Waals surface area contributed by atoms with E-state index in [-0.39, 0.29) is 5.41 Å². The summed E-state index contributed by atoms with van der Waals surface area (Å²) in [6, 6.07) is 24.7. The van der Waals surface area contributed by atoms with Crippen LogP contribution in [0.25, 0.3) is 22.3 Å². The average molecular weight is 383 g/mol. The molecule has 1 spiro atoms. The van der Waals surface area contributed by atoms with Gasteiger partial charge in [-0.2, -0.15) is 0 Å². The fourth-order valence-corrected chi connectivity index (χ4v) is 8.08. The highest BCUT2D eigenvalue weighted by Crippen LogP contribution is 2.73. The lowest BCUT2D eigenvalue weighted by atomic mass is 9.59. The van der Waals surface area contributed by atoms with E-state index in [1.54, 1.807) is 11.1 Å². The molecule has 5 unspecified atom stereocenters. The molecule has 1 heteroatoms. The van der Waals surface area contributed by atoms with Crippen LogP contribution in [0, 0.1) is 23.7 Å². The summed E-state index contributed by atoms with van der Waals surface area (Å²) in [7, 11) is 0. The Hall–Kier alpha value is -2.05. The molecule has 3 aromatic rings. The van der Waals surface area contributed by atoms with E-state index in [4.69, 9.17) is 11.6 Å². The first kappa shape index (κ1) is 15.8. The van der Waals surface area contributed by atoms with Crippen molar-refractivity contribution in [2.45, 2.75) is 31.1 Å². The SMILES string of the molecule is Clc1ccc2c(c1)-c1c(-c3ccccc3)cccc1C21C2CC3CC(C2)C1C3. The van der Waals surface area contributed by atoms with Crippen molar-refractivity contribution in [3.63, 3.8) is 0 Å². The average Bonchev–Trinajstić information content (AvgIpc) is 3.26. The Morgan fingerprint density at radius 3 is 2.50 bits per heavy atom. The summed E-state index contributed by atoms with van der Waals surface area (Å²) < 4.78 is 0. The third-order valence-electron chi connectivity index (χ3n) is 8.52. The van der Waals surface area contributed by atoms with E-state index in [0.29, 0.717) is 0 Å². The molecule has 8 rings (SSSR count). The second kappa shape index (κ2) is 5.30. The first-order valence-electron chi connectivity index (χ1n) is 10.8. The van der Waals surface area contributed by atoms with Gasteiger partial charge in [-0.25, -0.2) is 0 Å². The van der Waals surface area contributed by atoms with Crippen LogP contribution in [0.5, 0.6) is 0 Å². The molecule has 28 heavy (non-hydrogen) atoms. The summed E-state index contributed by atoms with van der Waals surface area (Å²) >= 11 is 6.54. The minimum absolute atomic E-state index is 0.234. The summed E-state index contributed by atoms with van der Waals surface area (Å²) in [6.07, 6.45) is 5.75. The van der Waals surface area contributed by atoms with Gasteiger partial charge >= 0.3 is 0 Å². The Balaban J connectivity index is 1.58. The summed E-state index contributed by atoms with van der Waals surface area (Å²) in [4.78, 5) is 0. The van der Waals surface area contributed by atoms with Crippen LogP contribution in [-0.2, 0) is 5.41 Å². The maximum atomic E-state index is 6.54. The second-order valence-electron chi connectivity index (χ2n) is 9.53. The van der Waals surface area contributed by atoms with Crippen LogP contribution in [-0.4, -0.2) is 0 Å². The highest BCUT2D eigenvalue weighted by molar-refractivity contribution is 6.31. The zero-order valence-electron chi connectivity index (χ0n) is 15.9. The fourth-order valence-electron chi connectivity index (χ4n) is 7.90. The minimum Gasteiger partial charge on any atom is -0.0843 e. The molecule has 0 heterocycles. The third-order valence-corrected chi connectivity index (χ3v) is 8.75. The molecule has 0 aromatic heterocycles. The van der Waals surface area contributed by atoms with Crippen molar-refractivity contribution in [1.29, 1.82) is 0 Å². The molecule has 0 amide bonds. The normalized spacial score (nSPS) is 33.5. The van der Waals surface area contributed by atoms with Crippen molar-refractivity contribution in [1.82, 2.24) is 0 Å². The Morgan fingerprint density at radius 1 is 0.750 bits per heavy atom. The molecule has 0 nitrogen and oxygen atoms in total. The lowest BCUT2D eigenvalue weighted by Crippen LogP contribution is -2.40. The molecule has 4 saturated carbocycles. The first-order chi connectivity index (χ1) is 13.8. The first-order valence-corrected chi connectivity index (χ1v) is 11.1. The standard InChI is InChI=1S/C27H23Cl/c28-20-9-10-23-22(15-20)26-21(17-5-2-1-3-6-17)7-4-8-24(26)27(23)19-12-16-11-18(14-19)25(27)13-16/h1-10,15-16,18-19,25H,11-14H2. The molecule has 0 saturated heterocycles. The number of benzene rings is 3. The van der Waals surface area contributed by atoms with Gasteiger partial charge in [0.1, 0.15) is 0 Å². The lowest BCUT2D eigenvalue weighted by molar-refractivity contribution is 0.191. The van der Waals surface area contributed by atoms with Crippen molar-refractivity contribution in [2.24, 2.45) is 23.7 Å². The summed E-state index contributed by atoms with van der Waals surface area (Å²) in [6.45, 7) is 0. The van der Waals surface area contributed by atoms with E-state index in [1.807, 2.05) is 0 Å². The summed E-state index contributed by atoms with van der Waals surface area (Å²) in [5.74, 6) is 3.54. The molecule has 5 atom stereocenters. The molecule has 3 aromatic carbocycles. The highest BCUT2D eigenvalue weighted by Gasteiger charge is 2.66. The predicted octanol–water partition coefficient (Wildman–Crippen LogP) is 7.34. The van der Waals surface area contributed by atoms with Crippen molar-refractivity contribution < 1.29 is 0 Å². The van der Waals surface area contributed by atoms with Crippen LogP contribution in [0.15, 0.2) is 66.7 Å². The summed E-state index contributed by atoms with van der Waals surface area (Å²) in [5.41, 5.74) is 8.96. The van der Waals surface area contributed by atoms with Gasteiger partial charge in [0.05, 0.1) is 0 Å². The van der Waals surface area contributed by atoms with Crippen molar-refractivity contribution in [3.8, 4) is 22.3 Å². The topological polar surface area (TPSA) is 0 Å². The second-order valence-corrected chi connectivity index (χ2v) is 9.96. The van der Waals surface area contributed by atoms with Gasteiger partial charge in [-0.1, -0.05) is 66.2 Å². The van der Waals surface area contributed by atoms with Crippen LogP contribution >= 0.6 is 11.6 Å². The van der Waals surface area contributed by atoms with Crippen molar-refractivity contribution >= 4 is 11.6 Å². The maximum absolute atomic E-state index is 6.54. The Morgan fingerprint density at radius 2 is 1.64 bits per heavy atom. The van der Waals surface area contributed by atoms with Gasteiger partial charge < -0.3 is 0 Å². The fraction of sp³-hybridized carbons (Fsp3) is 0.333. The Bertz CT molecular complexity index is 1110.